The molecular weight excluding hydrogens is 228 g/mol. The van der Waals surface area contributed by atoms with Crippen LogP contribution in [0.5, 0.6) is 0 Å². The van der Waals surface area contributed by atoms with Crippen LogP contribution in [0, 0.1) is 12.8 Å². The molecule has 2 atom stereocenters. The van der Waals surface area contributed by atoms with E-state index in [2.05, 4.69) is 5.32 Å². The second kappa shape index (κ2) is 4.98. The van der Waals surface area contributed by atoms with Crippen LogP contribution in [-0.2, 0) is 9.53 Å². The smallest absolute Gasteiger partial charge is 0.243 e. The molecule has 4 heteroatoms. The molecule has 98 valence electrons. The molecule has 1 aliphatic heterocycles. The van der Waals surface area contributed by atoms with Gasteiger partial charge in [-0.3, -0.25) is 4.79 Å². The summed E-state index contributed by atoms with van der Waals surface area (Å²) in [5.41, 5.74) is 6.89. The van der Waals surface area contributed by atoms with Crippen molar-refractivity contribution in [1.82, 2.24) is 0 Å². The van der Waals surface area contributed by atoms with E-state index in [1.54, 1.807) is 0 Å². The third-order valence-corrected chi connectivity index (χ3v) is 3.68. The van der Waals surface area contributed by atoms with E-state index in [1.165, 1.54) is 0 Å². The van der Waals surface area contributed by atoms with Crippen LogP contribution in [0.2, 0.25) is 0 Å². The second-order valence-corrected chi connectivity index (χ2v) is 5.12. The van der Waals surface area contributed by atoms with Gasteiger partial charge in [0.05, 0.1) is 6.61 Å². The topological polar surface area (TPSA) is 64.3 Å². The molecule has 0 bridgehead atoms. The molecule has 1 aromatic rings. The van der Waals surface area contributed by atoms with Crippen molar-refractivity contribution >= 4 is 11.6 Å². The molecule has 1 aliphatic rings. The number of primary amides is 1. The zero-order valence-corrected chi connectivity index (χ0v) is 10.9. The lowest BCUT2D eigenvalue weighted by Gasteiger charge is -2.33. The Balaban J connectivity index is 2.22. The summed E-state index contributed by atoms with van der Waals surface area (Å²) < 4.78 is 5.37. The number of carbonyl (C=O) groups is 1. The van der Waals surface area contributed by atoms with Crippen LogP contribution in [0.15, 0.2) is 24.3 Å². The first-order valence-electron chi connectivity index (χ1n) is 6.25. The number of rotatable bonds is 4. The zero-order valence-electron chi connectivity index (χ0n) is 10.9. The van der Waals surface area contributed by atoms with E-state index in [0.29, 0.717) is 13.2 Å². The third kappa shape index (κ3) is 2.48. The SMILES string of the molecule is Cc1cccc(NC(C)(C(N)=O)C2CCOC2)c1. The normalized spacial score (nSPS) is 22.4. The van der Waals surface area contributed by atoms with Crippen LogP contribution in [-0.4, -0.2) is 24.7 Å². The maximum absolute atomic E-state index is 11.8. The van der Waals surface area contributed by atoms with Gasteiger partial charge in [-0.05, 0) is 38.0 Å². The fourth-order valence-electron chi connectivity index (χ4n) is 2.38. The molecule has 4 nitrogen and oxygen atoms in total. The van der Waals surface area contributed by atoms with Crippen molar-refractivity contribution in [2.24, 2.45) is 11.7 Å². The Labute approximate surface area is 108 Å². The molecule has 1 saturated heterocycles. The second-order valence-electron chi connectivity index (χ2n) is 5.12. The van der Waals surface area contributed by atoms with Crippen LogP contribution in [0.3, 0.4) is 0 Å². The van der Waals surface area contributed by atoms with Gasteiger partial charge in [-0.2, -0.15) is 0 Å². The highest BCUT2D eigenvalue weighted by molar-refractivity contribution is 5.88. The summed E-state index contributed by atoms with van der Waals surface area (Å²) in [6.07, 6.45) is 0.859. The Bertz CT molecular complexity index is 441. The molecule has 1 heterocycles. The summed E-state index contributed by atoms with van der Waals surface area (Å²) in [5, 5.41) is 3.28. The average Bonchev–Trinajstić information content (AvgIpc) is 2.82. The lowest BCUT2D eigenvalue weighted by molar-refractivity contribution is -0.123. The van der Waals surface area contributed by atoms with Gasteiger partial charge < -0.3 is 15.8 Å². The van der Waals surface area contributed by atoms with Gasteiger partial charge in [-0.25, -0.2) is 0 Å². The van der Waals surface area contributed by atoms with Gasteiger partial charge in [0.1, 0.15) is 5.54 Å². The molecule has 1 aromatic carbocycles. The molecule has 0 radical (unpaired) electrons. The van der Waals surface area contributed by atoms with Gasteiger partial charge in [0, 0.05) is 18.2 Å². The highest BCUT2D eigenvalue weighted by atomic mass is 16.5. The Morgan fingerprint density at radius 3 is 2.89 bits per heavy atom. The highest BCUT2D eigenvalue weighted by Crippen LogP contribution is 2.29. The molecule has 18 heavy (non-hydrogen) atoms. The van der Waals surface area contributed by atoms with E-state index in [1.807, 2.05) is 38.1 Å². The van der Waals surface area contributed by atoms with E-state index < -0.39 is 5.54 Å². The number of benzene rings is 1. The number of anilines is 1. The maximum Gasteiger partial charge on any atom is 0.243 e. The number of hydrogen-bond acceptors (Lipinski definition) is 3. The first-order chi connectivity index (χ1) is 8.52. The maximum atomic E-state index is 11.8. The number of amides is 1. The van der Waals surface area contributed by atoms with E-state index in [4.69, 9.17) is 10.5 Å². The van der Waals surface area contributed by atoms with Crippen molar-refractivity contribution < 1.29 is 9.53 Å². The van der Waals surface area contributed by atoms with Crippen molar-refractivity contribution in [3.63, 3.8) is 0 Å². The highest BCUT2D eigenvalue weighted by Gasteiger charge is 2.41. The number of nitrogens with one attached hydrogen (secondary N) is 1. The minimum atomic E-state index is -0.760. The molecule has 3 N–H and O–H groups in total. The fourth-order valence-corrected chi connectivity index (χ4v) is 2.38. The zero-order chi connectivity index (χ0) is 13.2. The van der Waals surface area contributed by atoms with Crippen molar-refractivity contribution in [1.29, 1.82) is 0 Å². The quantitative estimate of drug-likeness (QED) is 0.852. The Hall–Kier alpha value is -1.55. The number of ether oxygens (including phenoxy) is 1. The molecule has 1 fully saturated rings. The number of aryl methyl sites for hydroxylation is 1. The van der Waals surface area contributed by atoms with Crippen LogP contribution in [0.4, 0.5) is 5.69 Å². The monoisotopic (exact) mass is 248 g/mol. The van der Waals surface area contributed by atoms with E-state index in [9.17, 15) is 4.79 Å². The number of nitrogens with two attached hydrogens (primary N) is 1. The third-order valence-electron chi connectivity index (χ3n) is 3.68. The number of hydrogen-bond donors (Lipinski definition) is 2. The van der Waals surface area contributed by atoms with Crippen molar-refractivity contribution in [3.8, 4) is 0 Å². The van der Waals surface area contributed by atoms with Crippen LogP contribution >= 0.6 is 0 Å². The van der Waals surface area contributed by atoms with Gasteiger partial charge in [-0.1, -0.05) is 12.1 Å². The van der Waals surface area contributed by atoms with Crippen molar-refractivity contribution in [2.75, 3.05) is 18.5 Å². The lowest BCUT2D eigenvalue weighted by Crippen LogP contribution is -2.53. The van der Waals surface area contributed by atoms with Gasteiger partial charge >= 0.3 is 0 Å². The van der Waals surface area contributed by atoms with Crippen LogP contribution in [0.1, 0.15) is 18.9 Å². The van der Waals surface area contributed by atoms with Gasteiger partial charge in [0.25, 0.3) is 0 Å². The van der Waals surface area contributed by atoms with E-state index in [0.717, 1.165) is 17.7 Å². The predicted molar refractivity (Wildman–Crippen MR) is 71.3 cm³/mol. The summed E-state index contributed by atoms with van der Waals surface area (Å²) in [5.74, 6) is -0.213. The molecule has 0 spiro atoms. The Morgan fingerprint density at radius 1 is 1.56 bits per heavy atom. The van der Waals surface area contributed by atoms with E-state index in [-0.39, 0.29) is 11.8 Å². The predicted octanol–water partition coefficient (Wildman–Crippen LogP) is 1.69. The van der Waals surface area contributed by atoms with Crippen LogP contribution < -0.4 is 11.1 Å². The van der Waals surface area contributed by atoms with Gasteiger partial charge in [0.15, 0.2) is 0 Å². The minimum Gasteiger partial charge on any atom is -0.381 e. The summed E-state index contributed by atoms with van der Waals surface area (Å²) in [4.78, 5) is 11.8. The summed E-state index contributed by atoms with van der Waals surface area (Å²) in [6.45, 7) is 5.16. The van der Waals surface area contributed by atoms with Crippen molar-refractivity contribution in [2.45, 2.75) is 25.8 Å². The summed E-state index contributed by atoms with van der Waals surface area (Å²) >= 11 is 0. The van der Waals surface area contributed by atoms with Crippen molar-refractivity contribution in [3.05, 3.63) is 29.8 Å². The Kier molecular flexibility index (Phi) is 3.57. The molecule has 0 aliphatic carbocycles. The average molecular weight is 248 g/mol. The summed E-state index contributed by atoms with van der Waals surface area (Å²) in [6, 6.07) is 7.94. The molecule has 0 saturated carbocycles. The molecule has 1 amide bonds. The van der Waals surface area contributed by atoms with Gasteiger partial charge in [-0.15, -0.1) is 0 Å². The number of carbonyl (C=O) groups excluding carboxylic acids is 1. The first-order valence-corrected chi connectivity index (χ1v) is 6.25. The molecule has 2 rings (SSSR count). The molecular formula is C14H20N2O2. The Morgan fingerprint density at radius 2 is 2.33 bits per heavy atom. The standard InChI is InChI=1S/C14H20N2O2/c1-10-4-3-5-12(8-10)16-14(2,13(15)17)11-6-7-18-9-11/h3-5,8,11,16H,6-7,9H2,1-2H3,(H2,15,17). The first kappa shape index (κ1) is 12.9. The van der Waals surface area contributed by atoms with Gasteiger partial charge in [0.2, 0.25) is 5.91 Å². The molecule has 2 unspecified atom stereocenters. The fraction of sp³-hybridized carbons (Fsp3) is 0.500. The van der Waals surface area contributed by atoms with Crippen LogP contribution in [0.25, 0.3) is 0 Å². The molecule has 0 aromatic heterocycles. The lowest BCUT2D eigenvalue weighted by atomic mass is 9.84. The van der Waals surface area contributed by atoms with E-state index >= 15 is 0 Å². The summed E-state index contributed by atoms with van der Waals surface area (Å²) in [7, 11) is 0. The largest absolute Gasteiger partial charge is 0.381 e. The minimum absolute atomic E-state index is 0.121.